The predicted molar refractivity (Wildman–Crippen MR) is 356 cm³/mol. The molecule has 0 saturated carbocycles. The van der Waals surface area contributed by atoms with Crippen LogP contribution in [0, 0.1) is 53.4 Å². The lowest BCUT2D eigenvalue weighted by Gasteiger charge is -2.31. The average molecular weight is 1270 g/mol. The molecule has 6 aromatic carbocycles. The van der Waals surface area contributed by atoms with Crippen LogP contribution in [-0.4, -0.2) is 117 Å². The van der Waals surface area contributed by atoms with Gasteiger partial charge in [-0.25, -0.2) is 23.7 Å². The Kier molecular flexibility index (Phi) is 21.8. The van der Waals surface area contributed by atoms with Gasteiger partial charge in [0.05, 0.1) is 22.9 Å². The second kappa shape index (κ2) is 29.1. The van der Waals surface area contributed by atoms with Crippen molar-refractivity contribution in [1.82, 2.24) is 45.3 Å². The predicted octanol–water partition coefficient (Wildman–Crippen LogP) is 12.1. The number of aromatic nitrogens is 6. The van der Waals surface area contributed by atoms with Gasteiger partial charge in [-0.3, -0.25) is 14.4 Å². The third-order valence-corrected chi connectivity index (χ3v) is 17.5. The molecule has 20 heteroatoms. The van der Waals surface area contributed by atoms with Crippen molar-refractivity contribution in [3.05, 3.63) is 186 Å². The zero-order valence-corrected chi connectivity index (χ0v) is 56.6. The Morgan fingerprint density at radius 3 is 1.35 bits per heavy atom. The topological polar surface area (TPSA) is 250 Å². The summed E-state index contributed by atoms with van der Waals surface area (Å²) in [5.41, 5.74) is 20.2. The molecule has 8 aromatic rings. The van der Waals surface area contributed by atoms with Gasteiger partial charge in [0.1, 0.15) is 28.8 Å². The smallest absolute Gasteiger partial charge is 0.441 e. The molecule has 93 heavy (non-hydrogen) atoms. The van der Waals surface area contributed by atoms with Gasteiger partial charge in [0.15, 0.2) is 0 Å². The minimum Gasteiger partial charge on any atom is -0.481 e. The number of aliphatic carboxylic acids is 1. The lowest BCUT2D eigenvalue weighted by atomic mass is 9.78. The van der Waals surface area contributed by atoms with Gasteiger partial charge in [-0.05, 0) is 224 Å². The number of aliphatic hydroxyl groups is 1. The highest BCUT2D eigenvalue weighted by Crippen LogP contribution is 2.40. The summed E-state index contributed by atoms with van der Waals surface area (Å²) in [5, 5.41) is 35.7. The largest absolute Gasteiger partial charge is 0.481 e. The SMILES string of the molecule is CC(C)(C)OC(=O)CO.CCn1nnc2c(C)c([C@H](c3ccc4c(c3)CN(C(=O)c3ccc(C)c(C)c3)CC4)[C@H](C)C(=O)O)ccc21.CCn1nnc2c(C)c([C@H](c3ccc4c(c3)CN(C(=O)c3ccc(C)c(C)c3)CC4)[C@H](C)C(=O)ONC(=O)OC(C)(C)C)ccc21. The Morgan fingerprint density at radius 2 is 0.978 bits per heavy atom. The number of benzene rings is 6. The molecule has 0 saturated heterocycles. The van der Waals surface area contributed by atoms with E-state index in [4.69, 9.17) is 19.4 Å². The Hall–Kier alpha value is -9.30. The van der Waals surface area contributed by atoms with Crippen LogP contribution in [0.2, 0.25) is 0 Å². The number of carboxylic acids is 1. The van der Waals surface area contributed by atoms with E-state index in [1.165, 1.54) is 16.7 Å². The van der Waals surface area contributed by atoms with Crippen molar-refractivity contribution in [2.75, 3.05) is 19.7 Å². The fraction of sp³-hybridized carbons (Fsp3) is 0.425. The molecule has 492 valence electrons. The molecule has 10 rings (SSSR count). The van der Waals surface area contributed by atoms with Crippen LogP contribution in [0.3, 0.4) is 0 Å². The summed E-state index contributed by atoms with van der Waals surface area (Å²) in [6.45, 7) is 33.2. The van der Waals surface area contributed by atoms with Gasteiger partial charge >= 0.3 is 24.0 Å². The van der Waals surface area contributed by atoms with E-state index in [1.807, 2.05) is 141 Å². The van der Waals surface area contributed by atoms with Gasteiger partial charge < -0.3 is 34.3 Å². The molecule has 2 aliphatic heterocycles. The zero-order chi connectivity index (χ0) is 68.0. The third kappa shape index (κ3) is 16.3. The highest BCUT2D eigenvalue weighted by atomic mass is 16.7. The Labute approximate surface area is 544 Å². The van der Waals surface area contributed by atoms with E-state index < -0.39 is 59.6 Å². The molecule has 2 aromatic heterocycles. The maximum atomic E-state index is 13.5. The van der Waals surface area contributed by atoms with Gasteiger partial charge in [-0.15, -0.1) is 15.7 Å². The van der Waals surface area contributed by atoms with Crippen molar-refractivity contribution in [3.63, 3.8) is 0 Å². The quantitative estimate of drug-likeness (QED) is 0.0551. The summed E-state index contributed by atoms with van der Waals surface area (Å²) >= 11 is 0. The molecule has 4 atom stereocenters. The van der Waals surface area contributed by atoms with Crippen LogP contribution in [0.4, 0.5) is 4.79 Å². The van der Waals surface area contributed by atoms with Crippen LogP contribution in [-0.2, 0) is 67.7 Å². The molecule has 0 unspecified atom stereocenters. The van der Waals surface area contributed by atoms with Crippen molar-refractivity contribution < 1.29 is 53.3 Å². The molecule has 3 amide bonds. The van der Waals surface area contributed by atoms with Crippen molar-refractivity contribution in [1.29, 1.82) is 0 Å². The second-order valence-electron chi connectivity index (χ2n) is 26.4. The first-order valence-electron chi connectivity index (χ1n) is 31.8. The first-order chi connectivity index (χ1) is 43.9. The van der Waals surface area contributed by atoms with Gasteiger partial charge in [0.25, 0.3) is 11.8 Å². The first-order valence-corrected chi connectivity index (χ1v) is 31.8. The fourth-order valence-electron chi connectivity index (χ4n) is 12.1. The number of carbonyl (C=O) groups is 6. The van der Waals surface area contributed by atoms with Crippen molar-refractivity contribution in [2.24, 2.45) is 11.8 Å². The van der Waals surface area contributed by atoms with E-state index in [0.717, 1.165) is 96.1 Å². The summed E-state index contributed by atoms with van der Waals surface area (Å²) in [7, 11) is 0. The third-order valence-electron chi connectivity index (χ3n) is 17.5. The Bertz CT molecular complexity index is 4120. The summed E-state index contributed by atoms with van der Waals surface area (Å²) in [4.78, 5) is 84.3. The lowest BCUT2D eigenvalue weighted by molar-refractivity contribution is -0.158. The van der Waals surface area contributed by atoms with Crippen molar-refractivity contribution >= 4 is 57.9 Å². The fourth-order valence-corrected chi connectivity index (χ4v) is 12.1. The maximum absolute atomic E-state index is 13.5. The molecule has 0 spiro atoms. The highest BCUT2D eigenvalue weighted by molar-refractivity contribution is 5.95. The van der Waals surface area contributed by atoms with Gasteiger partial charge in [0.2, 0.25) is 0 Å². The van der Waals surface area contributed by atoms with Gasteiger partial charge in [0, 0.05) is 62.2 Å². The zero-order valence-electron chi connectivity index (χ0n) is 56.6. The monoisotopic (exact) mass is 1270 g/mol. The number of aryl methyl sites for hydroxylation is 8. The standard InChI is InChI=1S/C36H43N5O5.C31H34N4O3.C6H12O3/c1-9-41-30-15-14-29(23(4)32(30)37-39-41)31(24(5)34(43)46-38-35(44)45-36(6,7)8)26-13-12-25-16-17-40(20-28(25)19-26)33(42)27-11-10-21(2)22(3)18-27;1-6-35-27-12-11-26(20(4)29(27)32-33-35)28(21(5)31(37)38)23-10-9-22-13-14-34(17-25(22)16-23)30(36)24-8-7-18(2)19(3)15-24;1-6(2,3)9-5(8)4-7/h10-15,18-19,24,31H,9,16-17,20H2,1-8H3,(H,38,44);7-12,15-16,21,28H,6,13-14,17H2,1-5H3,(H,37,38);7H,4H2,1-3H3/t24-,31-;21-,28-;/m00./s1. The summed E-state index contributed by atoms with van der Waals surface area (Å²) in [5.74, 6) is -4.18. The number of fused-ring (bicyclic) bond motifs is 4. The van der Waals surface area contributed by atoms with Crippen molar-refractivity contribution in [3.8, 4) is 0 Å². The van der Waals surface area contributed by atoms with Crippen LogP contribution < -0.4 is 5.48 Å². The van der Waals surface area contributed by atoms with Crippen LogP contribution in [0.25, 0.3) is 22.1 Å². The summed E-state index contributed by atoms with van der Waals surface area (Å²) < 4.78 is 13.6. The number of amides is 3. The number of rotatable bonds is 13. The van der Waals surface area contributed by atoms with E-state index in [-0.39, 0.29) is 17.7 Å². The number of hydrogen-bond acceptors (Lipinski definition) is 14. The molecular formula is C73H89N9O11. The molecule has 2 aliphatic rings. The van der Waals surface area contributed by atoms with Gasteiger partial charge in [-0.1, -0.05) is 84.9 Å². The maximum Gasteiger partial charge on any atom is 0.441 e. The van der Waals surface area contributed by atoms with E-state index in [9.17, 15) is 33.9 Å². The summed E-state index contributed by atoms with van der Waals surface area (Å²) in [6.07, 6.45) is 0.663. The number of aliphatic hydroxyl groups excluding tert-OH is 1. The number of ether oxygens (including phenoxy) is 2. The molecular weight excluding hydrogens is 1180 g/mol. The number of hydrogen-bond donors (Lipinski definition) is 3. The number of carbonyl (C=O) groups excluding carboxylic acids is 5. The molecule has 20 nitrogen and oxygen atoms in total. The minimum absolute atomic E-state index is 0.00109. The van der Waals surface area contributed by atoms with Crippen molar-refractivity contribution in [2.45, 2.75) is 173 Å². The van der Waals surface area contributed by atoms with E-state index in [0.29, 0.717) is 50.4 Å². The lowest BCUT2D eigenvalue weighted by Crippen LogP contribution is -2.37. The number of carboxylic acid groups (broad SMARTS) is 1. The molecule has 0 bridgehead atoms. The van der Waals surface area contributed by atoms with E-state index in [2.05, 4.69) is 56.4 Å². The Balaban J connectivity index is 0.000000214. The molecule has 4 heterocycles. The van der Waals surface area contributed by atoms with Crippen LogP contribution >= 0.6 is 0 Å². The van der Waals surface area contributed by atoms with Crippen LogP contribution in [0.1, 0.15) is 180 Å². The minimum atomic E-state index is -0.851. The number of esters is 1. The molecule has 0 aliphatic carbocycles. The molecule has 3 N–H and O–H groups in total. The number of nitrogens with zero attached hydrogens (tertiary/aromatic N) is 8. The van der Waals surface area contributed by atoms with Crippen LogP contribution in [0.5, 0.6) is 0 Å². The molecule has 0 fully saturated rings. The first kappa shape index (κ1) is 69.6. The van der Waals surface area contributed by atoms with Crippen LogP contribution in [0.15, 0.2) is 97.1 Å². The number of nitrogens with one attached hydrogen (secondary N) is 1. The van der Waals surface area contributed by atoms with E-state index >= 15 is 0 Å². The number of hydroxylamine groups is 1. The summed E-state index contributed by atoms with van der Waals surface area (Å²) in [6, 6.07) is 32.2. The van der Waals surface area contributed by atoms with Gasteiger partial charge in [-0.2, -0.15) is 0 Å². The highest BCUT2D eigenvalue weighted by Gasteiger charge is 2.35. The average Bonchev–Trinajstić information content (AvgIpc) is 1.77. The second-order valence-corrected chi connectivity index (χ2v) is 26.4. The normalized spacial score (nSPS) is 14.2. The van der Waals surface area contributed by atoms with E-state index in [1.54, 1.807) is 55.4 Å². The Morgan fingerprint density at radius 1 is 0.548 bits per heavy atom. The molecule has 0 radical (unpaired) electrons.